The second kappa shape index (κ2) is 4.92. The van der Waals surface area contributed by atoms with E-state index in [4.69, 9.17) is 0 Å². The molecule has 0 aliphatic carbocycles. The maximum absolute atomic E-state index is 3.49. The van der Waals surface area contributed by atoms with Gasteiger partial charge in [-0.2, -0.15) is 11.3 Å². The molecule has 0 bridgehead atoms. The molecule has 1 nitrogen and oxygen atoms in total. The van der Waals surface area contributed by atoms with E-state index in [2.05, 4.69) is 41.4 Å². The van der Waals surface area contributed by atoms with E-state index in [1.165, 1.54) is 21.6 Å². The van der Waals surface area contributed by atoms with Gasteiger partial charge in [-0.3, -0.25) is 0 Å². The molecule has 1 N–H and O–H groups in total. The molecule has 0 aliphatic heterocycles. The molecule has 0 amide bonds. The van der Waals surface area contributed by atoms with Gasteiger partial charge in [-0.05, 0) is 52.7 Å². The second-order valence-corrected chi connectivity index (χ2v) is 5.45. The monoisotopic (exact) mass is 237 g/mol. The summed E-state index contributed by atoms with van der Waals surface area (Å²) in [4.78, 5) is 1.45. The van der Waals surface area contributed by atoms with Crippen molar-refractivity contribution in [3.05, 3.63) is 43.8 Å². The summed E-state index contributed by atoms with van der Waals surface area (Å²) in [7, 11) is 0. The van der Waals surface area contributed by atoms with Gasteiger partial charge in [0.15, 0.2) is 0 Å². The third-order valence-corrected chi connectivity index (χ3v) is 4.46. The Labute approximate surface area is 98.8 Å². The SMILES string of the molecule is Cc1cscc1CNCc1sccc1C. The molecule has 0 saturated heterocycles. The first-order valence-electron chi connectivity index (χ1n) is 5.02. The van der Waals surface area contributed by atoms with Crippen molar-refractivity contribution in [3.8, 4) is 0 Å². The molecule has 0 aromatic carbocycles. The topological polar surface area (TPSA) is 12.0 Å². The highest BCUT2D eigenvalue weighted by Gasteiger charge is 2.01. The van der Waals surface area contributed by atoms with Gasteiger partial charge in [0.25, 0.3) is 0 Å². The molecule has 0 saturated carbocycles. The normalized spacial score (nSPS) is 10.8. The number of hydrogen-bond acceptors (Lipinski definition) is 3. The Hall–Kier alpha value is -0.640. The summed E-state index contributed by atoms with van der Waals surface area (Å²) in [6, 6.07) is 2.18. The van der Waals surface area contributed by atoms with Gasteiger partial charge < -0.3 is 5.32 Å². The van der Waals surface area contributed by atoms with Crippen molar-refractivity contribution in [2.75, 3.05) is 0 Å². The third kappa shape index (κ3) is 2.68. The highest BCUT2D eigenvalue weighted by atomic mass is 32.1. The first-order chi connectivity index (χ1) is 7.27. The van der Waals surface area contributed by atoms with E-state index in [9.17, 15) is 0 Å². The molecule has 0 unspecified atom stereocenters. The van der Waals surface area contributed by atoms with Gasteiger partial charge in [-0.15, -0.1) is 11.3 Å². The van der Waals surface area contributed by atoms with Crippen molar-refractivity contribution in [3.63, 3.8) is 0 Å². The van der Waals surface area contributed by atoms with Gasteiger partial charge in [0, 0.05) is 18.0 Å². The lowest BCUT2D eigenvalue weighted by Crippen LogP contribution is -2.12. The van der Waals surface area contributed by atoms with E-state index in [-0.39, 0.29) is 0 Å². The molecule has 0 atom stereocenters. The molecule has 2 aromatic rings. The van der Waals surface area contributed by atoms with Crippen molar-refractivity contribution in [2.24, 2.45) is 0 Å². The van der Waals surface area contributed by atoms with Crippen LogP contribution in [0.4, 0.5) is 0 Å². The van der Waals surface area contributed by atoms with E-state index >= 15 is 0 Å². The minimum Gasteiger partial charge on any atom is -0.308 e. The van der Waals surface area contributed by atoms with Gasteiger partial charge in [0.05, 0.1) is 0 Å². The molecule has 0 radical (unpaired) electrons. The summed E-state index contributed by atoms with van der Waals surface area (Å²) in [5.74, 6) is 0. The molecule has 2 rings (SSSR count). The Balaban J connectivity index is 1.86. The lowest BCUT2D eigenvalue weighted by atomic mass is 10.2. The summed E-state index contributed by atoms with van der Waals surface area (Å²) in [5.41, 5.74) is 4.22. The van der Waals surface area contributed by atoms with Crippen LogP contribution in [0.2, 0.25) is 0 Å². The fraction of sp³-hybridized carbons (Fsp3) is 0.333. The summed E-state index contributed by atoms with van der Waals surface area (Å²) < 4.78 is 0. The number of nitrogens with one attached hydrogen (secondary N) is 1. The van der Waals surface area contributed by atoms with Crippen LogP contribution in [0.5, 0.6) is 0 Å². The molecule has 15 heavy (non-hydrogen) atoms. The minimum atomic E-state index is 0.979. The number of aryl methyl sites for hydroxylation is 2. The number of hydrogen-bond donors (Lipinski definition) is 1. The molecule has 0 aliphatic rings. The quantitative estimate of drug-likeness (QED) is 0.854. The average molecular weight is 237 g/mol. The highest BCUT2D eigenvalue weighted by molar-refractivity contribution is 7.10. The van der Waals surface area contributed by atoms with Crippen molar-refractivity contribution >= 4 is 22.7 Å². The van der Waals surface area contributed by atoms with Crippen LogP contribution in [0.15, 0.2) is 22.2 Å². The Morgan fingerprint density at radius 3 is 2.60 bits per heavy atom. The van der Waals surface area contributed by atoms with Gasteiger partial charge in [0.1, 0.15) is 0 Å². The first-order valence-corrected chi connectivity index (χ1v) is 6.85. The van der Waals surface area contributed by atoms with Crippen LogP contribution in [0.25, 0.3) is 0 Å². The van der Waals surface area contributed by atoms with Crippen molar-refractivity contribution in [2.45, 2.75) is 26.9 Å². The predicted molar refractivity (Wildman–Crippen MR) is 68.7 cm³/mol. The van der Waals surface area contributed by atoms with E-state index in [0.29, 0.717) is 0 Å². The van der Waals surface area contributed by atoms with E-state index in [0.717, 1.165) is 13.1 Å². The fourth-order valence-corrected chi connectivity index (χ4v) is 3.20. The lowest BCUT2D eigenvalue weighted by molar-refractivity contribution is 0.698. The second-order valence-electron chi connectivity index (χ2n) is 3.71. The van der Waals surface area contributed by atoms with Crippen LogP contribution < -0.4 is 5.32 Å². The number of thiophene rings is 2. The lowest BCUT2D eigenvalue weighted by Gasteiger charge is -2.03. The third-order valence-electron chi connectivity index (χ3n) is 2.53. The molecule has 2 heterocycles. The molecule has 2 aromatic heterocycles. The standard InChI is InChI=1S/C12H15NS2/c1-9-3-4-15-12(9)6-13-5-11-8-14-7-10(11)2/h3-4,7-8,13H,5-6H2,1-2H3. The van der Waals surface area contributed by atoms with Crippen LogP contribution in [0.1, 0.15) is 21.6 Å². The Morgan fingerprint density at radius 2 is 2.00 bits per heavy atom. The Bertz CT molecular complexity index is 388. The van der Waals surface area contributed by atoms with E-state index in [1.54, 1.807) is 11.3 Å². The van der Waals surface area contributed by atoms with Crippen molar-refractivity contribution < 1.29 is 0 Å². The molecule has 0 spiro atoms. The van der Waals surface area contributed by atoms with Crippen LogP contribution in [0.3, 0.4) is 0 Å². The minimum absolute atomic E-state index is 0.979. The number of rotatable bonds is 4. The van der Waals surface area contributed by atoms with Crippen molar-refractivity contribution in [1.82, 2.24) is 5.32 Å². The van der Waals surface area contributed by atoms with Crippen molar-refractivity contribution in [1.29, 1.82) is 0 Å². The smallest absolute Gasteiger partial charge is 0.0305 e. The van der Waals surface area contributed by atoms with Gasteiger partial charge in [-0.1, -0.05) is 0 Å². The Kier molecular flexibility index (Phi) is 3.57. The van der Waals surface area contributed by atoms with Crippen LogP contribution in [-0.2, 0) is 13.1 Å². The zero-order chi connectivity index (χ0) is 10.7. The summed E-state index contributed by atoms with van der Waals surface area (Å²) in [5, 5.41) is 10.1. The molecular weight excluding hydrogens is 222 g/mol. The summed E-state index contributed by atoms with van der Waals surface area (Å²) >= 11 is 3.61. The summed E-state index contributed by atoms with van der Waals surface area (Å²) in [6.45, 7) is 6.30. The Morgan fingerprint density at radius 1 is 1.13 bits per heavy atom. The van der Waals surface area contributed by atoms with Gasteiger partial charge >= 0.3 is 0 Å². The zero-order valence-electron chi connectivity index (χ0n) is 9.04. The fourth-order valence-electron chi connectivity index (χ4n) is 1.46. The predicted octanol–water partition coefficient (Wildman–Crippen LogP) is 3.72. The van der Waals surface area contributed by atoms with Crippen LogP contribution in [-0.4, -0.2) is 0 Å². The summed E-state index contributed by atoms with van der Waals surface area (Å²) in [6.07, 6.45) is 0. The highest BCUT2D eigenvalue weighted by Crippen LogP contribution is 2.16. The zero-order valence-corrected chi connectivity index (χ0v) is 10.7. The first kappa shape index (κ1) is 10.9. The van der Waals surface area contributed by atoms with Crippen LogP contribution in [0, 0.1) is 13.8 Å². The molecule has 80 valence electrons. The molecular formula is C12H15NS2. The van der Waals surface area contributed by atoms with Gasteiger partial charge in [0.2, 0.25) is 0 Å². The average Bonchev–Trinajstić information content (AvgIpc) is 2.78. The maximum Gasteiger partial charge on any atom is 0.0305 e. The van der Waals surface area contributed by atoms with Gasteiger partial charge in [-0.25, -0.2) is 0 Å². The largest absolute Gasteiger partial charge is 0.308 e. The van der Waals surface area contributed by atoms with Crippen LogP contribution >= 0.6 is 22.7 Å². The maximum atomic E-state index is 3.49. The van der Waals surface area contributed by atoms with E-state index < -0.39 is 0 Å². The van der Waals surface area contributed by atoms with E-state index in [1.807, 2.05) is 11.3 Å². The molecule has 0 fully saturated rings. The molecule has 3 heteroatoms.